The van der Waals surface area contributed by atoms with Crippen LogP contribution in [0.2, 0.25) is 0 Å². The van der Waals surface area contributed by atoms with Crippen molar-refractivity contribution >= 4 is 27.2 Å². The Morgan fingerprint density at radius 2 is 1.13 bits per heavy atom. The number of benzene rings is 3. The van der Waals surface area contributed by atoms with Crippen molar-refractivity contribution in [2.45, 2.75) is 45.7 Å². The van der Waals surface area contributed by atoms with Gasteiger partial charge in [-0.05, 0) is 87.4 Å². The van der Waals surface area contributed by atoms with Crippen LogP contribution in [0.5, 0.6) is 11.5 Å². The van der Waals surface area contributed by atoms with Crippen LogP contribution in [0.1, 0.15) is 34.6 Å². The maximum atomic E-state index is 13.1. The molecule has 0 spiro atoms. The molecule has 1 saturated heterocycles. The summed E-state index contributed by atoms with van der Waals surface area (Å²) in [7, 11) is 0. The van der Waals surface area contributed by atoms with Crippen molar-refractivity contribution in [3.8, 4) is 17.2 Å². The third-order valence-corrected chi connectivity index (χ3v) is 8.50. The number of fused-ring (bicyclic) bond motifs is 2. The molecule has 6 rings (SSSR count). The zero-order valence-electron chi connectivity index (χ0n) is 21.8. The normalized spacial score (nSPS) is 18.5. The first kappa shape index (κ1) is 23.9. The summed E-state index contributed by atoms with van der Waals surface area (Å²) in [5.41, 5.74) is -0.563. The molecular weight excluding hydrogens is 482 g/mol. The highest BCUT2D eigenvalue weighted by molar-refractivity contribution is 5.97. The van der Waals surface area contributed by atoms with Crippen LogP contribution in [0.4, 0.5) is 5.69 Å². The van der Waals surface area contributed by atoms with Gasteiger partial charge < -0.3 is 9.64 Å². The van der Waals surface area contributed by atoms with Crippen molar-refractivity contribution in [3.63, 3.8) is 0 Å². The Bertz CT molecular complexity index is 1860. The summed E-state index contributed by atoms with van der Waals surface area (Å²) in [6, 6.07) is 17.2. The molecule has 5 aromatic rings. The Hall–Kier alpha value is -4.46. The molecule has 0 radical (unpaired) electrons. The summed E-state index contributed by atoms with van der Waals surface area (Å²) in [5.74, 6) is 1.74. The van der Waals surface area contributed by atoms with Crippen LogP contribution >= 0.6 is 0 Å². The summed E-state index contributed by atoms with van der Waals surface area (Å²) in [6.07, 6.45) is 0. The predicted octanol–water partition coefficient (Wildman–Crippen LogP) is 4.23. The van der Waals surface area contributed by atoms with Gasteiger partial charge in [-0.3, -0.25) is 24.2 Å². The molecule has 0 saturated carbocycles. The summed E-state index contributed by atoms with van der Waals surface area (Å²) >= 11 is 0. The largest absolute Gasteiger partial charge is 0.457 e. The second-order valence-corrected chi connectivity index (χ2v) is 11.0. The average Bonchev–Trinajstić information content (AvgIpc) is 3.06. The zero-order chi connectivity index (χ0) is 27.1. The second-order valence-electron chi connectivity index (χ2n) is 11.0. The molecule has 0 aliphatic carbocycles. The van der Waals surface area contributed by atoms with E-state index in [9.17, 15) is 19.2 Å². The molecule has 38 heavy (non-hydrogen) atoms. The first-order valence-corrected chi connectivity index (χ1v) is 12.6. The molecule has 8 nitrogen and oxygen atoms in total. The summed E-state index contributed by atoms with van der Waals surface area (Å²) in [5, 5.41) is 0.397. The lowest BCUT2D eigenvalue weighted by molar-refractivity contribution is 0.449. The van der Waals surface area contributed by atoms with E-state index in [0.29, 0.717) is 23.1 Å². The zero-order valence-corrected chi connectivity index (χ0v) is 21.8. The first-order chi connectivity index (χ1) is 17.9. The number of rotatable bonds is 5. The minimum absolute atomic E-state index is 0.0749. The van der Waals surface area contributed by atoms with E-state index < -0.39 is 22.2 Å². The molecule has 1 aliphatic rings. The van der Waals surface area contributed by atoms with Gasteiger partial charge >= 0.3 is 0 Å². The molecule has 3 heterocycles. The van der Waals surface area contributed by atoms with Gasteiger partial charge in [0.2, 0.25) is 0 Å². The Balaban J connectivity index is 1.27. The van der Waals surface area contributed by atoms with Gasteiger partial charge in [-0.25, -0.2) is 4.57 Å². The molecule has 1 unspecified atom stereocenters. The van der Waals surface area contributed by atoms with Crippen molar-refractivity contribution in [2.24, 2.45) is 5.92 Å². The van der Waals surface area contributed by atoms with Crippen molar-refractivity contribution in [1.29, 1.82) is 0 Å². The Morgan fingerprint density at radius 1 is 0.684 bits per heavy atom. The van der Waals surface area contributed by atoms with Gasteiger partial charge in [-0.2, -0.15) is 0 Å². The minimum atomic E-state index is -0.576. The number of hydrogen-bond acceptors (Lipinski definition) is 6. The van der Waals surface area contributed by atoms with Crippen molar-refractivity contribution < 1.29 is 4.74 Å². The fourth-order valence-corrected chi connectivity index (χ4v) is 5.93. The van der Waals surface area contributed by atoms with Crippen LogP contribution in [0.3, 0.4) is 0 Å². The molecule has 1 fully saturated rings. The fraction of sp³-hybridized carbons (Fsp3) is 0.267. The van der Waals surface area contributed by atoms with Gasteiger partial charge in [0.15, 0.2) is 0 Å². The maximum absolute atomic E-state index is 13.1. The van der Waals surface area contributed by atoms with Gasteiger partial charge in [0.05, 0.1) is 38.3 Å². The van der Waals surface area contributed by atoms with Crippen molar-refractivity contribution in [3.05, 3.63) is 102 Å². The van der Waals surface area contributed by atoms with E-state index in [1.165, 1.54) is 12.1 Å². The standard InChI is InChI=1S/C30H27N3O5/c1-16(2)30(5)29(3,4)33(30)18-8-12-20(13-9-18)38-19-10-6-17(7-11-19)32-27(36)23-14-21-22(15-24(23)28(32)37)26(35)31-25(21)34/h6-16H,1-5H3,(H,31,34,35). The summed E-state index contributed by atoms with van der Waals surface area (Å²) in [6.45, 7) is 11.3. The number of H-pyrrole nitrogens is 1. The highest BCUT2D eigenvalue weighted by Crippen LogP contribution is 2.58. The molecule has 3 aromatic carbocycles. The molecule has 0 amide bonds. The lowest BCUT2D eigenvalue weighted by atomic mass is 9.87. The topological polar surface area (TPSA) is 101 Å². The van der Waals surface area contributed by atoms with Crippen LogP contribution in [0.25, 0.3) is 27.2 Å². The Labute approximate surface area is 217 Å². The molecule has 0 bridgehead atoms. The van der Waals surface area contributed by atoms with Gasteiger partial charge in [0.1, 0.15) is 11.5 Å². The van der Waals surface area contributed by atoms with Gasteiger partial charge in [-0.15, -0.1) is 0 Å². The minimum Gasteiger partial charge on any atom is -0.457 e. The lowest BCUT2D eigenvalue weighted by Crippen LogP contribution is -2.24. The molecule has 1 atom stereocenters. The highest BCUT2D eigenvalue weighted by atomic mass is 16.5. The van der Waals surface area contributed by atoms with Crippen LogP contribution in [-0.4, -0.2) is 20.6 Å². The van der Waals surface area contributed by atoms with E-state index >= 15 is 0 Å². The predicted molar refractivity (Wildman–Crippen MR) is 149 cm³/mol. The average molecular weight is 510 g/mol. The quantitative estimate of drug-likeness (QED) is 0.356. The molecule has 1 N–H and O–H groups in total. The first-order valence-electron chi connectivity index (χ1n) is 12.6. The number of hydrogen-bond donors (Lipinski definition) is 1. The second kappa shape index (κ2) is 7.77. The molecule has 1 aliphatic heterocycles. The monoisotopic (exact) mass is 509 g/mol. The number of ether oxygens (including phenoxy) is 1. The Kier molecular flexibility index (Phi) is 4.89. The maximum Gasteiger partial charge on any atom is 0.266 e. The van der Waals surface area contributed by atoms with Gasteiger partial charge in [-0.1, -0.05) is 13.8 Å². The van der Waals surface area contributed by atoms with E-state index in [-0.39, 0.29) is 32.6 Å². The number of aromatic amines is 1. The van der Waals surface area contributed by atoms with Crippen LogP contribution in [0.15, 0.2) is 79.8 Å². The van der Waals surface area contributed by atoms with E-state index in [4.69, 9.17) is 4.74 Å². The smallest absolute Gasteiger partial charge is 0.266 e. The third-order valence-electron chi connectivity index (χ3n) is 8.50. The molecule has 192 valence electrons. The highest BCUT2D eigenvalue weighted by Gasteiger charge is 2.67. The molecule has 2 aromatic heterocycles. The number of nitrogens with one attached hydrogen (secondary N) is 1. The van der Waals surface area contributed by atoms with Crippen molar-refractivity contribution in [1.82, 2.24) is 9.55 Å². The summed E-state index contributed by atoms with van der Waals surface area (Å²) in [4.78, 5) is 54.7. The SMILES string of the molecule is CC(C)C1(C)N(c2ccc(Oc3ccc(-n4c(=O)c5cc6c(=O)[nH]c(=O)c6cc5c4=O)cc3)cc2)C1(C)C. The van der Waals surface area contributed by atoms with E-state index in [2.05, 4.69) is 56.6 Å². The number of aromatic nitrogens is 2. The number of anilines is 1. The van der Waals surface area contributed by atoms with Crippen LogP contribution in [-0.2, 0) is 0 Å². The van der Waals surface area contributed by atoms with E-state index in [1.54, 1.807) is 24.3 Å². The lowest BCUT2D eigenvalue weighted by Gasteiger charge is -2.17. The van der Waals surface area contributed by atoms with Crippen LogP contribution in [0, 0.1) is 5.92 Å². The number of nitrogens with zero attached hydrogens (tertiary/aromatic N) is 2. The fourth-order valence-electron chi connectivity index (χ4n) is 5.93. The third kappa shape index (κ3) is 3.16. The van der Waals surface area contributed by atoms with E-state index in [0.717, 1.165) is 10.3 Å². The molecular formula is C30H27N3O5. The summed E-state index contributed by atoms with van der Waals surface area (Å²) < 4.78 is 7.05. The van der Waals surface area contributed by atoms with Gasteiger partial charge in [0.25, 0.3) is 22.2 Å². The molecule has 8 heteroatoms. The van der Waals surface area contributed by atoms with Crippen molar-refractivity contribution in [2.75, 3.05) is 4.90 Å². The Morgan fingerprint density at radius 3 is 1.55 bits per heavy atom. The van der Waals surface area contributed by atoms with E-state index in [1.807, 2.05) is 12.1 Å². The van der Waals surface area contributed by atoms with Gasteiger partial charge in [0, 0.05) is 5.69 Å². The van der Waals surface area contributed by atoms with Crippen LogP contribution < -0.4 is 31.9 Å².